The first-order valence-electron chi connectivity index (χ1n) is 7.98. The number of halogens is 1. The Kier molecular flexibility index (Phi) is 6.74. The van der Waals surface area contributed by atoms with Crippen LogP contribution in [0.5, 0.6) is 0 Å². The molecule has 7 heteroatoms. The molecule has 0 bridgehead atoms. The van der Waals surface area contributed by atoms with Gasteiger partial charge in [-0.25, -0.2) is 0 Å². The summed E-state index contributed by atoms with van der Waals surface area (Å²) in [5.74, 6) is -0.806. The smallest absolute Gasteiger partial charge is 0.253 e. The van der Waals surface area contributed by atoms with E-state index >= 15 is 0 Å². The van der Waals surface area contributed by atoms with Gasteiger partial charge in [0.1, 0.15) is 0 Å². The lowest BCUT2D eigenvalue weighted by atomic mass is 10.1. The Morgan fingerprint density at radius 1 is 0.962 bits per heavy atom. The molecule has 2 aromatic rings. The van der Waals surface area contributed by atoms with Crippen molar-refractivity contribution >= 4 is 29.3 Å². The van der Waals surface area contributed by atoms with Crippen LogP contribution in [0.25, 0.3) is 0 Å². The van der Waals surface area contributed by atoms with Crippen LogP contribution >= 0.6 is 11.6 Å². The molecule has 0 atom stereocenters. The van der Waals surface area contributed by atoms with E-state index in [0.717, 1.165) is 5.56 Å². The maximum atomic E-state index is 12.0. The molecule has 26 heavy (non-hydrogen) atoms. The SMILES string of the molecule is CN(C)C(=O)c1ccc(CNC(=O)CNC(=O)c2ccccc2Cl)cc1. The van der Waals surface area contributed by atoms with Crippen molar-refractivity contribution < 1.29 is 14.4 Å². The van der Waals surface area contributed by atoms with Crippen LogP contribution < -0.4 is 10.6 Å². The zero-order valence-electron chi connectivity index (χ0n) is 14.6. The first-order valence-corrected chi connectivity index (χ1v) is 8.36. The summed E-state index contributed by atoms with van der Waals surface area (Å²) in [6.45, 7) is 0.151. The van der Waals surface area contributed by atoms with E-state index in [-0.39, 0.29) is 18.4 Å². The number of carbonyl (C=O) groups is 3. The third-order valence-corrected chi connectivity index (χ3v) is 3.95. The van der Waals surface area contributed by atoms with E-state index in [1.807, 2.05) is 0 Å². The Morgan fingerprint density at radius 2 is 1.62 bits per heavy atom. The average Bonchev–Trinajstić information content (AvgIpc) is 2.64. The predicted octanol–water partition coefficient (Wildman–Crippen LogP) is 2.09. The predicted molar refractivity (Wildman–Crippen MR) is 100 cm³/mol. The van der Waals surface area contributed by atoms with Crippen LogP contribution in [0.15, 0.2) is 48.5 Å². The van der Waals surface area contributed by atoms with Crippen LogP contribution in [0.2, 0.25) is 5.02 Å². The summed E-state index contributed by atoms with van der Waals surface area (Å²) in [7, 11) is 3.38. The molecule has 0 fully saturated rings. The van der Waals surface area contributed by atoms with Crippen molar-refractivity contribution in [3.05, 3.63) is 70.2 Å². The number of nitrogens with zero attached hydrogens (tertiary/aromatic N) is 1. The summed E-state index contributed by atoms with van der Waals surface area (Å²) in [6.07, 6.45) is 0. The lowest BCUT2D eigenvalue weighted by Crippen LogP contribution is -2.36. The maximum Gasteiger partial charge on any atom is 0.253 e. The van der Waals surface area contributed by atoms with Crippen molar-refractivity contribution in [2.75, 3.05) is 20.6 Å². The van der Waals surface area contributed by atoms with Gasteiger partial charge in [0, 0.05) is 26.2 Å². The minimum Gasteiger partial charge on any atom is -0.350 e. The van der Waals surface area contributed by atoms with Crippen molar-refractivity contribution in [3.63, 3.8) is 0 Å². The minimum atomic E-state index is -0.405. The number of amides is 3. The van der Waals surface area contributed by atoms with Crippen molar-refractivity contribution in [1.82, 2.24) is 15.5 Å². The molecule has 2 aromatic carbocycles. The molecule has 0 aromatic heterocycles. The second kappa shape index (κ2) is 9.01. The maximum absolute atomic E-state index is 12.0. The fourth-order valence-corrected chi connectivity index (χ4v) is 2.41. The lowest BCUT2D eigenvalue weighted by molar-refractivity contribution is -0.120. The third-order valence-electron chi connectivity index (χ3n) is 3.62. The Hall–Kier alpha value is -2.86. The molecule has 0 unspecified atom stereocenters. The number of hydrogen-bond acceptors (Lipinski definition) is 3. The summed E-state index contributed by atoms with van der Waals surface area (Å²) in [5.41, 5.74) is 1.76. The molecule has 2 rings (SSSR count). The molecule has 3 amide bonds. The normalized spacial score (nSPS) is 10.1. The molecule has 0 aliphatic heterocycles. The molecule has 6 nitrogen and oxygen atoms in total. The number of nitrogens with one attached hydrogen (secondary N) is 2. The molecule has 0 radical (unpaired) electrons. The van der Waals surface area contributed by atoms with Crippen LogP contribution in [0.3, 0.4) is 0 Å². The van der Waals surface area contributed by atoms with E-state index in [9.17, 15) is 14.4 Å². The van der Waals surface area contributed by atoms with E-state index in [1.54, 1.807) is 62.6 Å². The second-order valence-corrected chi connectivity index (χ2v) is 6.24. The van der Waals surface area contributed by atoms with Crippen LogP contribution in [0, 0.1) is 0 Å². The molecule has 0 saturated carbocycles. The van der Waals surface area contributed by atoms with E-state index in [4.69, 9.17) is 11.6 Å². The number of benzene rings is 2. The van der Waals surface area contributed by atoms with Crippen molar-refractivity contribution in [2.24, 2.45) is 0 Å². The van der Waals surface area contributed by atoms with Gasteiger partial charge in [-0.2, -0.15) is 0 Å². The average molecular weight is 374 g/mol. The lowest BCUT2D eigenvalue weighted by Gasteiger charge is -2.11. The highest BCUT2D eigenvalue weighted by Crippen LogP contribution is 2.14. The van der Waals surface area contributed by atoms with Crippen LogP contribution in [0.1, 0.15) is 26.3 Å². The summed E-state index contributed by atoms with van der Waals surface area (Å²) in [6, 6.07) is 13.6. The van der Waals surface area contributed by atoms with Crippen LogP contribution in [-0.2, 0) is 11.3 Å². The second-order valence-electron chi connectivity index (χ2n) is 5.84. The van der Waals surface area contributed by atoms with Gasteiger partial charge < -0.3 is 15.5 Å². The van der Waals surface area contributed by atoms with Gasteiger partial charge in [-0.15, -0.1) is 0 Å². The highest BCUT2D eigenvalue weighted by molar-refractivity contribution is 6.33. The Bertz CT molecular complexity index is 804. The number of hydrogen-bond donors (Lipinski definition) is 2. The van der Waals surface area contributed by atoms with E-state index < -0.39 is 5.91 Å². The summed E-state index contributed by atoms with van der Waals surface area (Å²) >= 11 is 5.94. The first kappa shape index (κ1) is 19.5. The molecule has 0 saturated heterocycles. The Labute approximate surface area is 157 Å². The molecule has 0 aliphatic carbocycles. The van der Waals surface area contributed by atoms with Gasteiger partial charge in [-0.3, -0.25) is 14.4 Å². The zero-order valence-corrected chi connectivity index (χ0v) is 15.3. The molecular formula is C19H20ClN3O3. The van der Waals surface area contributed by atoms with Crippen molar-refractivity contribution in [3.8, 4) is 0 Å². The van der Waals surface area contributed by atoms with E-state index in [2.05, 4.69) is 10.6 Å². The molecule has 0 spiro atoms. The largest absolute Gasteiger partial charge is 0.350 e. The quantitative estimate of drug-likeness (QED) is 0.813. The standard InChI is InChI=1S/C19H20ClN3O3/c1-23(2)19(26)14-9-7-13(8-10-14)11-21-17(24)12-22-18(25)15-5-3-4-6-16(15)20/h3-10H,11-12H2,1-2H3,(H,21,24)(H,22,25). The van der Waals surface area contributed by atoms with Gasteiger partial charge in [0.25, 0.3) is 11.8 Å². The van der Waals surface area contributed by atoms with Gasteiger partial charge in [0.15, 0.2) is 0 Å². The monoisotopic (exact) mass is 373 g/mol. The van der Waals surface area contributed by atoms with Crippen LogP contribution in [-0.4, -0.2) is 43.3 Å². The van der Waals surface area contributed by atoms with E-state index in [1.165, 1.54) is 4.90 Å². The molecule has 2 N–H and O–H groups in total. The summed E-state index contributed by atoms with van der Waals surface area (Å²) in [5, 5.41) is 5.57. The summed E-state index contributed by atoms with van der Waals surface area (Å²) < 4.78 is 0. The Balaban J connectivity index is 1.81. The molecular weight excluding hydrogens is 354 g/mol. The van der Waals surface area contributed by atoms with E-state index in [0.29, 0.717) is 22.7 Å². The van der Waals surface area contributed by atoms with Gasteiger partial charge in [-0.05, 0) is 29.8 Å². The first-order chi connectivity index (χ1) is 12.4. The topological polar surface area (TPSA) is 78.5 Å². The van der Waals surface area contributed by atoms with Gasteiger partial charge in [-0.1, -0.05) is 35.9 Å². The minimum absolute atomic E-state index is 0.0807. The highest BCUT2D eigenvalue weighted by Gasteiger charge is 2.11. The van der Waals surface area contributed by atoms with Crippen LogP contribution in [0.4, 0.5) is 0 Å². The zero-order chi connectivity index (χ0) is 19.1. The third kappa shape index (κ3) is 5.32. The molecule has 0 heterocycles. The molecule has 0 aliphatic rings. The van der Waals surface area contributed by atoms with Gasteiger partial charge >= 0.3 is 0 Å². The fraction of sp³-hybridized carbons (Fsp3) is 0.211. The Morgan fingerprint density at radius 3 is 2.23 bits per heavy atom. The van der Waals surface area contributed by atoms with Crippen molar-refractivity contribution in [1.29, 1.82) is 0 Å². The molecule has 136 valence electrons. The number of carbonyl (C=O) groups excluding carboxylic acids is 3. The van der Waals surface area contributed by atoms with Gasteiger partial charge in [0.05, 0.1) is 17.1 Å². The highest BCUT2D eigenvalue weighted by atomic mass is 35.5. The number of rotatable bonds is 6. The van der Waals surface area contributed by atoms with Crippen molar-refractivity contribution in [2.45, 2.75) is 6.54 Å². The summed E-state index contributed by atoms with van der Waals surface area (Å²) in [4.78, 5) is 37.2. The fourth-order valence-electron chi connectivity index (χ4n) is 2.19. The van der Waals surface area contributed by atoms with Gasteiger partial charge in [0.2, 0.25) is 5.91 Å².